The van der Waals surface area contributed by atoms with E-state index in [9.17, 15) is 9.18 Å². The first kappa shape index (κ1) is 16.4. The van der Waals surface area contributed by atoms with Crippen LogP contribution in [0.4, 0.5) is 10.1 Å². The zero-order valence-corrected chi connectivity index (χ0v) is 14.7. The van der Waals surface area contributed by atoms with Crippen LogP contribution >= 0.6 is 11.3 Å². The van der Waals surface area contributed by atoms with E-state index >= 15 is 0 Å². The van der Waals surface area contributed by atoms with Crippen molar-refractivity contribution in [3.63, 3.8) is 0 Å². The van der Waals surface area contributed by atoms with Gasteiger partial charge in [-0.15, -0.1) is 11.3 Å². The summed E-state index contributed by atoms with van der Waals surface area (Å²) in [6, 6.07) is 15.2. The maximum Gasteiger partial charge on any atom is 0.257 e. The van der Waals surface area contributed by atoms with Crippen LogP contribution in [0.2, 0.25) is 0 Å². The Kier molecular flexibility index (Phi) is 4.18. The molecule has 0 spiro atoms. The van der Waals surface area contributed by atoms with Gasteiger partial charge in [0.15, 0.2) is 0 Å². The topological polar surface area (TPSA) is 54.9 Å². The zero-order valence-electron chi connectivity index (χ0n) is 13.9. The van der Waals surface area contributed by atoms with Crippen LogP contribution in [0.25, 0.3) is 21.5 Å². The molecule has 0 aliphatic carbocycles. The molecule has 6 heteroatoms. The lowest BCUT2D eigenvalue weighted by Gasteiger charge is -2.06. The van der Waals surface area contributed by atoms with E-state index in [-0.39, 0.29) is 11.7 Å². The molecule has 1 amide bonds. The molecular formula is C20H14FN3OS. The van der Waals surface area contributed by atoms with Crippen molar-refractivity contribution in [1.29, 1.82) is 0 Å². The summed E-state index contributed by atoms with van der Waals surface area (Å²) < 4.78 is 14.1. The number of fused-ring (bicyclic) bond motifs is 1. The third-order valence-corrected chi connectivity index (χ3v) is 4.87. The van der Waals surface area contributed by atoms with Crippen molar-refractivity contribution in [3.8, 4) is 11.3 Å². The Labute approximate surface area is 153 Å². The standard InChI is InChI=1S/C20H14FN3OS/c1-12-23-18-10-16(7-9-19(18)26-12)24-20(25)14-4-8-17(22-11-14)13-2-5-15(21)6-3-13/h2-11H,1H3,(H,24,25). The van der Waals surface area contributed by atoms with Gasteiger partial charge in [-0.3, -0.25) is 9.78 Å². The number of nitrogens with zero attached hydrogens (tertiary/aromatic N) is 2. The summed E-state index contributed by atoms with van der Waals surface area (Å²) in [6.07, 6.45) is 1.51. The number of hydrogen-bond acceptors (Lipinski definition) is 4. The maximum absolute atomic E-state index is 13.0. The van der Waals surface area contributed by atoms with Crippen LogP contribution in [-0.4, -0.2) is 15.9 Å². The quantitative estimate of drug-likeness (QED) is 0.554. The van der Waals surface area contributed by atoms with Crippen molar-refractivity contribution in [3.05, 3.63) is 77.2 Å². The van der Waals surface area contributed by atoms with E-state index in [0.717, 1.165) is 20.8 Å². The molecule has 4 nitrogen and oxygen atoms in total. The lowest BCUT2D eigenvalue weighted by Crippen LogP contribution is -2.12. The van der Waals surface area contributed by atoms with Crippen LogP contribution in [-0.2, 0) is 0 Å². The Balaban J connectivity index is 1.52. The van der Waals surface area contributed by atoms with Gasteiger partial charge in [0.25, 0.3) is 5.91 Å². The second kappa shape index (κ2) is 6.65. The highest BCUT2D eigenvalue weighted by molar-refractivity contribution is 7.18. The van der Waals surface area contributed by atoms with E-state index in [1.54, 1.807) is 35.6 Å². The smallest absolute Gasteiger partial charge is 0.257 e. The van der Waals surface area contributed by atoms with Gasteiger partial charge in [0.2, 0.25) is 0 Å². The maximum atomic E-state index is 13.0. The number of nitrogens with one attached hydrogen (secondary N) is 1. The normalized spacial score (nSPS) is 10.8. The van der Waals surface area contributed by atoms with Crippen LogP contribution in [0, 0.1) is 12.7 Å². The first-order chi connectivity index (χ1) is 12.6. The molecule has 0 aliphatic heterocycles. The number of aromatic nitrogens is 2. The second-order valence-corrected chi connectivity index (χ2v) is 7.04. The molecule has 0 fully saturated rings. The number of thiazole rings is 1. The summed E-state index contributed by atoms with van der Waals surface area (Å²) in [7, 11) is 0. The minimum absolute atomic E-state index is 0.241. The van der Waals surface area contributed by atoms with Gasteiger partial charge in [0.05, 0.1) is 26.5 Å². The average molecular weight is 363 g/mol. The van der Waals surface area contributed by atoms with Gasteiger partial charge < -0.3 is 5.32 Å². The number of carbonyl (C=O) groups excluding carboxylic acids is 1. The van der Waals surface area contributed by atoms with E-state index in [2.05, 4.69) is 15.3 Å². The molecule has 4 aromatic rings. The highest BCUT2D eigenvalue weighted by atomic mass is 32.1. The van der Waals surface area contributed by atoms with Crippen LogP contribution in [0.15, 0.2) is 60.8 Å². The molecular weight excluding hydrogens is 349 g/mol. The monoisotopic (exact) mass is 363 g/mol. The summed E-state index contributed by atoms with van der Waals surface area (Å²) in [5, 5.41) is 3.85. The molecule has 0 saturated carbocycles. The van der Waals surface area contributed by atoms with Crippen LogP contribution in [0.5, 0.6) is 0 Å². The molecule has 1 N–H and O–H groups in total. The summed E-state index contributed by atoms with van der Waals surface area (Å²) in [6.45, 7) is 1.96. The summed E-state index contributed by atoms with van der Waals surface area (Å²) in [4.78, 5) is 21.2. The third kappa shape index (κ3) is 3.32. The first-order valence-electron chi connectivity index (χ1n) is 7.99. The van der Waals surface area contributed by atoms with E-state index in [0.29, 0.717) is 16.9 Å². The van der Waals surface area contributed by atoms with Crippen LogP contribution < -0.4 is 5.32 Å². The van der Waals surface area contributed by atoms with E-state index < -0.39 is 0 Å². The molecule has 2 aromatic carbocycles. The van der Waals surface area contributed by atoms with Gasteiger partial charge in [-0.2, -0.15) is 0 Å². The second-order valence-electron chi connectivity index (χ2n) is 5.81. The number of halogens is 1. The predicted octanol–water partition coefficient (Wildman–Crippen LogP) is 5.06. The number of benzene rings is 2. The summed E-state index contributed by atoms with van der Waals surface area (Å²) in [5.41, 5.74) is 3.49. The molecule has 4 rings (SSSR count). The Morgan fingerprint density at radius 1 is 1.08 bits per heavy atom. The fourth-order valence-corrected chi connectivity index (χ4v) is 3.45. The number of anilines is 1. The van der Waals surface area contributed by atoms with Crippen LogP contribution in [0.3, 0.4) is 0 Å². The fourth-order valence-electron chi connectivity index (χ4n) is 2.64. The molecule has 26 heavy (non-hydrogen) atoms. The number of hydrogen-bond donors (Lipinski definition) is 1. The lowest BCUT2D eigenvalue weighted by atomic mass is 10.1. The molecule has 128 valence electrons. The molecule has 0 radical (unpaired) electrons. The Hall–Kier alpha value is -3.12. The highest BCUT2D eigenvalue weighted by Crippen LogP contribution is 2.25. The average Bonchev–Trinajstić information content (AvgIpc) is 3.02. The van der Waals surface area contributed by atoms with Crippen molar-refractivity contribution in [2.45, 2.75) is 6.92 Å². The van der Waals surface area contributed by atoms with E-state index in [1.165, 1.54) is 18.3 Å². The Bertz CT molecular complexity index is 1090. The lowest BCUT2D eigenvalue weighted by molar-refractivity contribution is 0.102. The highest BCUT2D eigenvalue weighted by Gasteiger charge is 2.09. The number of carbonyl (C=O) groups is 1. The van der Waals surface area contributed by atoms with Gasteiger partial charge in [-0.1, -0.05) is 0 Å². The van der Waals surface area contributed by atoms with E-state index in [4.69, 9.17) is 0 Å². The Morgan fingerprint density at radius 2 is 1.88 bits per heavy atom. The minimum atomic E-state index is -0.294. The number of pyridine rings is 1. The number of rotatable bonds is 3. The molecule has 0 unspecified atom stereocenters. The van der Waals surface area contributed by atoms with Crippen molar-refractivity contribution >= 4 is 33.1 Å². The largest absolute Gasteiger partial charge is 0.322 e. The molecule has 2 heterocycles. The molecule has 0 bridgehead atoms. The Morgan fingerprint density at radius 3 is 2.62 bits per heavy atom. The van der Waals surface area contributed by atoms with Gasteiger partial charge in [-0.05, 0) is 61.5 Å². The van der Waals surface area contributed by atoms with Crippen molar-refractivity contribution in [1.82, 2.24) is 9.97 Å². The number of amides is 1. The van der Waals surface area contributed by atoms with Gasteiger partial charge >= 0.3 is 0 Å². The molecule has 2 aromatic heterocycles. The van der Waals surface area contributed by atoms with Crippen molar-refractivity contribution in [2.75, 3.05) is 5.32 Å². The van der Waals surface area contributed by atoms with Gasteiger partial charge in [0.1, 0.15) is 5.82 Å². The molecule has 0 saturated heterocycles. The van der Waals surface area contributed by atoms with E-state index in [1.807, 2.05) is 25.1 Å². The third-order valence-electron chi connectivity index (χ3n) is 3.92. The molecule has 0 atom stereocenters. The predicted molar refractivity (Wildman–Crippen MR) is 102 cm³/mol. The fraction of sp³-hybridized carbons (Fsp3) is 0.0500. The first-order valence-corrected chi connectivity index (χ1v) is 8.81. The van der Waals surface area contributed by atoms with Gasteiger partial charge in [-0.25, -0.2) is 9.37 Å². The molecule has 0 aliphatic rings. The zero-order chi connectivity index (χ0) is 18.1. The summed E-state index contributed by atoms with van der Waals surface area (Å²) >= 11 is 1.62. The minimum Gasteiger partial charge on any atom is -0.322 e. The number of aryl methyl sites for hydroxylation is 1. The SMILES string of the molecule is Cc1nc2cc(NC(=O)c3ccc(-c4ccc(F)cc4)nc3)ccc2s1. The van der Waals surface area contributed by atoms with Crippen molar-refractivity contribution < 1.29 is 9.18 Å². The van der Waals surface area contributed by atoms with Crippen molar-refractivity contribution in [2.24, 2.45) is 0 Å². The summed E-state index contributed by atoms with van der Waals surface area (Å²) in [5.74, 6) is -0.536. The van der Waals surface area contributed by atoms with Gasteiger partial charge in [0, 0.05) is 17.4 Å². The van der Waals surface area contributed by atoms with Crippen LogP contribution in [0.1, 0.15) is 15.4 Å².